The number of ether oxygens (including phenoxy) is 1. The summed E-state index contributed by atoms with van der Waals surface area (Å²) in [5.41, 5.74) is 5.88. The second kappa shape index (κ2) is 11.8. The van der Waals surface area contributed by atoms with Gasteiger partial charge in [0.2, 0.25) is 11.8 Å². The molecule has 4 N–H and O–H groups in total. The van der Waals surface area contributed by atoms with Crippen molar-refractivity contribution in [2.75, 3.05) is 7.11 Å². The summed E-state index contributed by atoms with van der Waals surface area (Å²) < 4.78 is 4.67. The number of methoxy groups -OCH3 is 1. The fourth-order valence-electron chi connectivity index (χ4n) is 2.45. The zero-order chi connectivity index (χ0) is 19.6. The SMILES string of the molecule is COC(=O)C[C@H](CC(C)C)NC(=O)C[C@H](C)NC(=O)C[C@@H](N)C(C)C. The summed E-state index contributed by atoms with van der Waals surface area (Å²) in [7, 11) is 1.33. The van der Waals surface area contributed by atoms with Crippen LogP contribution in [0, 0.1) is 11.8 Å². The molecular weight excluding hydrogens is 322 g/mol. The Morgan fingerprint density at radius 3 is 1.96 bits per heavy atom. The van der Waals surface area contributed by atoms with Gasteiger partial charge in [-0.3, -0.25) is 14.4 Å². The molecule has 2 amide bonds. The number of hydrogen-bond donors (Lipinski definition) is 3. The molecule has 3 atom stereocenters. The van der Waals surface area contributed by atoms with Crippen LogP contribution in [0.2, 0.25) is 0 Å². The Bertz CT molecular complexity index is 438. The molecule has 0 saturated carbocycles. The highest BCUT2D eigenvalue weighted by molar-refractivity contribution is 5.80. The van der Waals surface area contributed by atoms with Gasteiger partial charge in [-0.05, 0) is 25.2 Å². The Morgan fingerprint density at radius 2 is 1.48 bits per heavy atom. The molecule has 0 aliphatic rings. The number of amides is 2. The summed E-state index contributed by atoms with van der Waals surface area (Å²) in [4.78, 5) is 35.6. The van der Waals surface area contributed by atoms with Crippen LogP contribution in [0.1, 0.15) is 60.3 Å². The lowest BCUT2D eigenvalue weighted by atomic mass is 10.0. The smallest absolute Gasteiger partial charge is 0.307 e. The topological polar surface area (TPSA) is 111 Å². The number of rotatable bonds is 11. The summed E-state index contributed by atoms with van der Waals surface area (Å²) >= 11 is 0. The first-order valence-electron chi connectivity index (χ1n) is 8.96. The molecule has 0 heterocycles. The van der Waals surface area contributed by atoms with Gasteiger partial charge in [0.25, 0.3) is 0 Å². The molecule has 0 aromatic carbocycles. The van der Waals surface area contributed by atoms with Gasteiger partial charge in [0.15, 0.2) is 0 Å². The lowest BCUT2D eigenvalue weighted by molar-refractivity contribution is -0.141. The largest absolute Gasteiger partial charge is 0.469 e. The monoisotopic (exact) mass is 357 g/mol. The summed E-state index contributed by atoms with van der Waals surface area (Å²) in [6.07, 6.45) is 1.22. The molecule has 0 fully saturated rings. The van der Waals surface area contributed by atoms with Crippen LogP contribution >= 0.6 is 0 Å². The second-order valence-corrected chi connectivity index (χ2v) is 7.46. The van der Waals surface area contributed by atoms with E-state index in [9.17, 15) is 14.4 Å². The van der Waals surface area contributed by atoms with Crippen LogP contribution in [0.3, 0.4) is 0 Å². The highest BCUT2D eigenvalue weighted by Gasteiger charge is 2.20. The highest BCUT2D eigenvalue weighted by Crippen LogP contribution is 2.09. The molecule has 0 spiro atoms. The third-order valence-corrected chi connectivity index (χ3v) is 3.94. The minimum absolute atomic E-state index is 0.143. The van der Waals surface area contributed by atoms with Crippen molar-refractivity contribution in [3.63, 3.8) is 0 Å². The van der Waals surface area contributed by atoms with Crippen LogP contribution in [0.15, 0.2) is 0 Å². The first-order valence-corrected chi connectivity index (χ1v) is 8.96. The molecule has 0 aromatic rings. The van der Waals surface area contributed by atoms with Gasteiger partial charge >= 0.3 is 5.97 Å². The van der Waals surface area contributed by atoms with Gasteiger partial charge in [-0.1, -0.05) is 27.7 Å². The van der Waals surface area contributed by atoms with E-state index >= 15 is 0 Å². The summed E-state index contributed by atoms with van der Waals surface area (Å²) in [6.45, 7) is 9.75. The average Bonchev–Trinajstić information content (AvgIpc) is 2.45. The summed E-state index contributed by atoms with van der Waals surface area (Å²) in [5.74, 6) is -0.149. The van der Waals surface area contributed by atoms with E-state index in [1.165, 1.54) is 7.11 Å². The van der Waals surface area contributed by atoms with Crippen LogP contribution in [0.25, 0.3) is 0 Å². The standard InChI is InChI=1S/C18H35N3O4/c1-11(2)7-14(9-18(24)25-6)21-16(22)8-13(5)20-17(23)10-15(19)12(3)4/h11-15H,7-10,19H2,1-6H3,(H,20,23)(H,21,22)/t13-,14-,15+/m0/s1. The van der Waals surface area contributed by atoms with E-state index < -0.39 is 0 Å². The van der Waals surface area contributed by atoms with Crippen molar-refractivity contribution in [1.82, 2.24) is 10.6 Å². The Labute approximate surface area is 151 Å². The zero-order valence-corrected chi connectivity index (χ0v) is 16.4. The van der Waals surface area contributed by atoms with Gasteiger partial charge < -0.3 is 21.1 Å². The van der Waals surface area contributed by atoms with Crippen LogP contribution in [0.4, 0.5) is 0 Å². The Kier molecular flexibility index (Phi) is 11.1. The second-order valence-electron chi connectivity index (χ2n) is 7.46. The Hall–Kier alpha value is -1.63. The van der Waals surface area contributed by atoms with Gasteiger partial charge in [0.05, 0.1) is 13.5 Å². The molecule has 0 rings (SSSR count). The highest BCUT2D eigenvalue weighted by atomic mass is 16.5. The lowest BCUT2D eigenvalue weighted by Gasteiger charge is -2.22. The van der Waals surface area contributed by atoms with E-state index in [4.69, 9.17) is 5.73 Å². The molecule has 0 aromatic heterocycles. The predicted octanol–water partition coefficient (Wildman–Crippen LogP) is 1.35. The quantitative estimate of drug-likeness (QED) is 0.483. The third kappa shape index (κ3) is 11.5. The van der Waals surface area contributed by atoms with Gasteiger partial charge in [0.1, 0.15) is 0 Å². The summed E-state index contributed by atoms with van der Waals surface area (Å²) in [5, 5.41) is 5.65. The molecule has 0 bridgehead atoms. The fraction of sp³-hybridized carbons (Fsp3) is 0.833. The van der Waals surface area contributed by atoms with E-state index in [1.54, 1.807) is 6.92 Å². The average molecular weight is 357 g/mol. The van der Waals surface area contributed by atoms with E-state index in [0.29, 0.717) is 12.3 Å². The molecular formula is C18H35N3O4. The van der Waals surface area contributed by atoms with Crippen molar-refractivity contribution in [2.24, 2.45) is 17.6 Å². The maximum Gasteiger partial charge on any atom is 0.307 e. The molecule has 0 aliphatic carbocycles. The summed E-state index contributed by atoms with van der Waals surface area (Å²) in [6, 6.07) is -0.765. The molecule has 0 saturated heterocycles. The van der Waals surface area contributed by atoms with E-state index in [0.717, 1.165) is 0 Å². The molecule has 25 heavy (non-hydrogen) atoms. The molecule has 7 nitrogen and oxygen atoms in total. The van der Waals surface area contributed by atoms with E-state index in [1.807, 2.05) is 27.7 Å². The first-order chi connectivity index (χ1) is 11.5. The first kappa shape index (κ1) is 23.4. The molecule has 0 unspecified atom stereocenters. The maximum absolute atomic E-state index is 12.2. The van der Waals surface area contributed by atoms with Crippen molar-refractivity contribution >= 4 is 17.8 Å². The Morgan fingerprint density at radius 1 is 0.920 bits per heavy atom. The van der Waals surface area contributed by atoms with Gasteiger partial charge in [0, 0.05) is 31.0 Å². The van der Waals surface area contributed by atoms with Gasteiger partial charge in [-0.25, -0.2) is 0 Å². The number of esters is 1. The van der Waals surface area contributed by atoms with Crippen molar-refractivity contribution in [1.29, 1.82) is 0 Å². The Balaban J connectivity index is 4.43. The normalized spacial score (nSPS) is 14.8. The number of nitrogens with two attached hydrogens (primary N) is 1. The minimum Gasteiger partial charge on any atom is -0.469 e. The predicted molar refractivity (Wildman–Crippen MR) is 97.7 cm³/mol. The van der Waals surface area contributed by atoms with Crippen LogP contribution < -0.4 is 16.4 Å². The lowest BCUT2D eigenvalue weighted by Crippen LogP contribution is -2.43. The van der Waals surface area contributed by atoms with Crippen LogP contribution in [0.5, 0.6) is 0 Å². The molecule has 146 valence electrons. The molecule has 0 radical (unpaired) electrons. The van der Waals surface area contributed by atoms with E-state index in [-0.39, 0.29) is 61.1 Å². The number of carbonyl (C=O) groups is 3. The van der Waals surface area contributed by atoms with Crippen LogP contribution in [-0.2, 0) is 19.1 Å². The molecule has 7 heteroatoms. The number of carbonyl (C=O) groups excluding carboxylic acids is 3. The van der Waals surface area contributed by atoms with Crippen molar-refractivity contribution in [3.8, 4) is 0 Å². The van der Waals surface area contributed by atoms with E-state index in [2.05, 4.69) is 15.4 Å². The van der Waals surface area contributed by atoms with Gasteiger partial charge in [-0.15, -0.1) is 0 Å². The van der Waals surface area contributed by atoms with Crippen LogP contribution in [-0.4, -0.2) is 43.0 Å². The van der Waals surface area contributed by atoms with Crippen molar-refractivity contribution in [2.45, 2.75) is 78.4 Å². The minimum atomic E-state index is -0.352. The maximum atomic E-state index is 12.2. The number of hydrogen-bond acceptors (Lipinski definition) is 5. The fourth-order valence-corrected chi connectivity index (χ4v) is 2.45. The third-order valence-electron chi connectivity index (χ3n) is 3.94. The number of nitrogens with one attached hydrogen (secondary N) is 2. The van der Waals surface area contributed by atoms with Crippen molar-refractivity contribution in [3.05, 3.63) is 0 Å². The van der Waals surface area contributed by atoms with Gasteiger partial charge in [-0.2, -0.15) is 0 Å². The zero-order valence-electron chi connectivity index (χ0n) is 16.4. The molecule has 0 aliphatic heterocycles. The van der Waals surface area contributed by atoms with Crippen molar-refractivity contribution < 1.29 is 19.1 Å².